The lowest BCUT2D eigenvalue weighted by Crippen LogP contribution is -2.40. The number of methoxy groups -OCH3 is 1. The lowest BCUT2D eigenvalue weighted by Gasteiger charge is -2.34. The van der Waals surface area contributed by atoms with E-state index in [0.29, 0.717) is 35.0 Å². The molecular formula is C22H21ClN4O3. The summed E-state index contributed by atoms with van der Waals surface area (Å²) in [6.07, 6.45) is 1.57. The third kappa shape index (κ3) is 3.66. The Labute approximate surface area is 179 Å². The molecule has 0 radical (unpaired) electrons. The number of rotatable bonds is 4. The maximum atomic E-state index is 12.7. The summed E-state index contributed by atoms with van der Waals surface area (Å²) in [7, 11) is 3.27. The largest absolute Gasteiger partial charge is 0.497 e. The van der Waals surface area contributed by atoms with E-state index in [9.17, 15) is 10.1 Å². The van der Waals surface area contributed by atoms with Crippen molar-refractivity contribution in [1.29, 1.82) is 5.26 Å². The van der Waals surface area contributed by atoms with E-state index in [1.807, 2.05) is 29.2 Å². The van der Waals surface area contributed by atoms with Crippen LogP contribution < -0.4 is 19.9 Å². The Morgan fingerprint density at radius 1 is 1.13 bits per heavy atom. The number of pyridine rings is 2. The van der Waals surface area contributed by atoms with Gasteiger partial charge in [-0.15, -0.1) is 0 Å². The van der Waals surface area contributed by atoms with Gasteiger partial charge in [-0.3, -0.25) is 4.79 Å². The number of aryl methyl sites for hydroxylation is 1. The average Bonchev–Trinajstić information content (AvgIpc) is 2.77. The average molecular weight is 425 g/mol. The highest BCUT2D eigenvalue weighted by atomic mass is 35.5. The summed E-state index contributed by atoms with van der Waals surface area (Å²) in [5.41, 5.74) is 1.53. The first kappa shape index (κ1) is 20.0. The zero-order chi connectivity index (χ0) is 21.3. The van der Waals surface area contributed by atoms with Gasteiger partial charge in [-0.25, -0.2) is 4.98 Å². The highest BCUT2D eigenvalue weighted by Gasteiger charge is 2.27. The Hall–Kier alpha value is -3.24. The summed E-state index contributed by atoms with van der Waals surface area (Å²) >= 11 is 6.12. The number of nitriles is 1. The lowest BCUT2D eigenvalue weighted by atomic mass is 10.0. The quantitative estimate of drug-likeness (QED) is 0.596. The van der Waals surface area contributed by atoms with E-state index in [-0.39, 0.29) is 17.2 Å². The van der Waals surface area contributed by atoms with Crippen LogP contribution in [0.15, 0.2) is 41.2 Å². The van der Waals surface area contributed by atoms with E-state index in [1.54, 1.807) is 26.3 Å². The lowest BCUT2D eigenvalue weighted by molar-refractivity contribution is 0.171. The van der Waals surface area contributed by atoms with Crippen molar-refractivity contribution < 1.29 is 9.47 Å². The molecule has 3 aromatic rings. The van der Waals surface area contributed by atoms with Crippen LogP contribution in [-0.4, -0.2) is 35.9 Å². The summed E-state index contributed by atoms with van der Waals surface area (Å²) in [5, 5.41) is 10.0. The predicted molar refractivity (Wildman–Crippen MR) is 116 cm³/mol. The first-order valence-corrected chi connectivity index (χ1v) is 10.0. The maximum Gasteiger partial charge on any atom is 0.270 e. The zero-order valence-corrected chi connectivity index (χ0v) is 17.5. The van der Waals surface area contributed by atoms with Gasteiger partial charge < -0.3 is 18.9 Å². The summed E-state index contributed by atoms with van der Waals surface area (Å²) in [4.78, 5) is 19.2. The van der Waals surface area contributed by atoms with Crippen LogP contribution in [0.3, 0.4) is 0 Å². The van der Waals surface area contributed by atoms with Crippen LogP contribution in [0.25, 0.3) is 11.0 Å². The Kier molecular flexibility index (Phi) is 5.51. The minimum Gasteiger partial charge on any atom is -0.497 e. The topological polar surface area (TPSA) is 80.4 Å². The molecule has 1 aromatic carbocycles. The number of aromatic nitrogens is 2. The molecule has 0 unspecified atom stereocenters. The number of fused-ring (bicyclic) bond motifs is 1. The number of piperidine rings is 1. The normalized spacial score (nSPS) is 14.5. The number of hydrogen-bond acceptors (Lipinski definition) is 6. The molecule has 0 atom stereocenters. The molecule has 8 heteroatoms. The fourth-order valence-corrected chi connectivity index (χ4v) is 3.97. The summed E-state index contributed by atoms with van der Waals surface area (Å²) in [6, 6.07) is 13.0. The minimum atomic E-state index is -0.333. The molecule has 1 aliphatic rings. The molecule has 1 saturated heterocycles. The van der Waals surface area contributed by atoms with Crippen molar-refractivity contribution >= 4 is 28.3 Å². The van der Waals surface area contributed by atoms with Gasteiger partial charge in [0.1, 0.15) is 39.9 Å². The Balaban J connectivity index is 1.60. The number of ether oxygens (including phenoxy) is 2. The second-order valence-corrected chi connectivity index (χ2v) is 7.57. The maximum absolute atomic E-state index is 12.7. The molecule has 2 aromatic heterocycles. The van der Waals surface area contributed by atoms with Crippen LogP contribution in [-0.2, 0) is 7.05 Å². The van der Waals surface area contributed by atoms with Crippen molar-refractivity contribution in [2.45, 2.75) is 18.9 Å². The van der Waals surface area contributed by atoms with Gasteiger partial charge in [0, 0.05) is 33.0 Å². The first-order valence-electron chi connectivity index (χ1n) is 9.67. The van der Waals surface area contributed by atoms with Gasteiger partial charge >= 0.3 is 0 Å². The van der Waals surface area contributed by atoms with Crippen molar-refractivity contribution in [1.82, 2.24) is 9.55 Å². The van der Waals surface area contributed by atoms with Gasteiger partial charge in [0.15, 0.2) is 0 Å². The van der Waals surface area contributed by atoms with E-state index in [0.717, 1.165) is 24.3 Å². The van der Waals surface area contributed by atoms with Crippen LogP contribution >= 0.6 is 11.6 Å². The highest BCUT2D eigenvalue weighted by Crippen LogP contribution is 2.31. The van der Waals surface area contributed by atoms with Crippen molar-refractivity contribution in [2.75, 3.05) is 25.1 Å². The fourth-order valence-electron chi connectivity index (χ4n) is 3.82. The Morgan fingerprint density at radius 2 is 1.80 bits per heavy atom. The number of anilines is 1. The van der Waals surface area contributed by atoms with E-state index >= 15 is 0 Å². The second kappa shape index (κ2) is 8.25. The molecule has 1 aliphatic heterocycles. The molecule has 0 spiro atoms. The van der Waals surface area contributed by atoms with Crippen molar-refractivity contribution in [3.8, 4) is 17.6 Å². The zero-order valence-electron chi connectivity index (χ0n) is 16.8. The molecule has 0 N–H and O–H groups in total. The SMILES string of the molecule is COc1ccc(OC2CCN(c3c(C#N)c(=O)n(C)c4ccc(Cl)nc34)CC2)cc1. The van der Waals surface area contributed by atoms with Gasteiger partial charge in [0.25, 0.3) is 5.56 Å². The molecular weight excluding hydrogens is 404 g/mol. The van der Waals surface area contributed by atoms with Gasteiger partial charge in [-0.2, -0.15) is 5.26 Å². The number of nitrogens with zero attached hydrogens (tertiary/aromatic N) is 4. The third-order valence-corrected chi connectivity index (χ3v) is 5.62. The van der Waals surface area contributed by atoms with Crippen molar-refractivity contribution in [3.05, 3.63) is 57.5 Å². The van der Waals surface area contributed by atoms with E-state index in [4.69, 9.17) is 21.1 Å². The second-order valence-electron chi connectivity index (χ2n) is 7.18. The summed E-state index contributed by atoms with van der Waals surface area (Å²) in [6.45, 7) is 1.29. The van der Waals surface area contributed by atoms with Crippen LogP contribution in [0.2, 0.25) is 5.15 Å². The molecule has 154 valence electrons. The molecule has 0 bridgehead atoms. The van der Waals surface area contributed by atoms with Crippen LogP contribution in [0, 0.1) is 11.3 Å². The number of benzene rings is 1. The molecule has 1 fully saturated rings. The molecule has 7 nitrogen and oxygen atoms in total. The number of halogens is 1. The van der Waals surface area contributed by atoms with Crippen LogP contribution in [0.4, 0.5) is 5.69 Å². The van der Waals surface area contributed by atoms with Crippen molar-refractivity contribution in [2.24, 2.45) is 7.05 Å². The summed E-state index contributed by atoms with van der Waals surface area (Å²) < 4.78 is 12.7. The predicted octanol–water partition coefficient (Wildman–Crippen LogP) is 3.51. The molecule has 0 saturated carbocycles. The van der Waals surface area contributed by atoms with E-state index in [1.165, 1.54) is 4.57 Å². The standard InChI is InChI=1S/C22H21ClN4O3/c1-26-18-7-8-19(23)25-20(18)21(17(13-24)22(26)28)27-11-9-16(10-12-27)30-15-5-3-14(29-2)4-6-15/h3-8,16H,9-12H2,1-2H3. The monoisotopic (exact) mass is 424 g/mol. The number of hydrogen-bond donors (Lipinski definition) is 0. The Morgan fingerprint density at radius 3 is 2.43 bits per heavy atom. The minimum absolute atomic E-state index is 0.0505. The smallest absolute Gasteiger partial charge is 0.270 e. The van der Waals surface area contributed by atoms with Crippen LogP contribution in [0.1, 0.15) is 18.4 Å². The molecule has 30 heavy (non-hydrogen) atoms. The van der Waals surface area contributed by atoms with Gasteiger partial charge in [-0.1, -0.05) is 11.6 Å². The molecule has 0 amide bonds. The highest BCUT2D eigenvalue weighted by molar-refractivity contribution is 6.29. The molecule has 0 aliphatic carbocycles. The van der Waals surface area contributed by atoms with Crippen LogP contribution in [0.5, 0.6) is 11.5 Å². The Bertz CT molecular complexity index is 1180. The molecule has 4 rings (SSSR count). The van der Waals surface area contributed by atoms with Gasteiger partial charge in [0.2, 0.25) is 0 Å². The van der Waals surface area contributed by atoms with E-state index in [2.05, 4.69) is 11.1 Å². The summed E-state index contributed by atoms with van der Waals surface area (Å²) in [5.74, 6) is 1.57. The van der Waals surface area contributed by atoms with Crippen molar-refractivity contribution in [3.63, 3.8) is 0 Å². The third-order valence-electron chi connectivity index (χ3n) is 5.41. The molecule has 3 heterocycles. The van der Waals surface area contributed by atoms with Gasteiger partial charge in [0.05, 0.1) is 18.3 Å². The first-order chi connectivity index (χ1) is 14.5. The van der Waals surface area contributed by atoms with Gasteiger partial charge in [-0.05, 0) is 36.4 Å². The fraction of sp³-hybridized carbons (Fsp3) is 0.318. The van der Waals surface area contributed by atoms with E-state index < -0.39 is 0 Å².